The van der Waals surface area contributed by atoms with Crippen LogP contribution in [-0.4, -0.2) is 19.3 Å². The van der Waals surface area contributed by atoms with E-state index in [9.17, 15) is 0 Å². The second-order valence-electron chi connectivity index (χ2n) is 7.86. The first-order chi connectivity index (χ1) is 13.1. The van der Waals surface area contributed by atoms with Crippen molar-refractivity contribution in [3.8, 4) is 0 Å². The van der Waals surface area contributed by atoms with Crippen molar-refractivity contribution < 1.29 is 0 Å². The minimum atomic E-state index is -0.230. The molecule has 1 fully saturated rings. The molecule has 0 aliphatic carbocycles. The van der Waals surface area contributed by atoms with E-state index in [4.69, 9.17) is 34.8 Å². The normalized spacial score (nSPS) is 14.8. The summed E-state index contributed by atoms with van der Waals surface area (Å²) in [5.74, 6) is 0. The molecule has 0 saturated carbocycles. The lowest BCUT2D eigenvalue weighted by Gasteiger charge is -2.35. The van der Waals surface area contributed by atoms with Gasteiger partial charge in [0.05, 0.1) is 5.03 Å². The van der Waals surface area contributed by atoms with Gasteiger partial charge in [-0.05, 0) is 63.8 Å². The molecule has 150 valence electrons. The maximum atomic E-state index is 6.72. The zero-order chi connectivity index (χ0) is 20.7. The quantitative estimate of drug-likeness (QED) is 0.506. The second-order valence-corrected chi connectivity index (χ2v) is 9.22. The third-order valence-electron chi connectivity index (χ3n) is 5.42. The predicted molar refractivity (Wildman–Crippen MR) is 124 cm³/mol. The number of hydrogen-bond acceptors (Lipinski definition) is 2. The van der Waals surface area contributed by atoms with Gasteiger partial charge in [0.2, 0.25) is 0 Å². The first-order valence-corrected chi connectivity index (χ1v) is 10.6. The van der Waals surface area contributed by atoms with Crippen molar-refractivity contribution in [1.29, 1.82) is 0 Å². The van der Waals surface area contributed by atoms with Crippen LogP contribution >= 0.6 is 34.8 Å². The Hall–Kier alpha value is -1.35. The Labute approximate surface area is 183 Å². The Morgan fingerprint density at radius 1 is 0.679 bits per heavy atom. The highest BCUT2D eigenvalue weighted by Gasteiger charge is 2.38. The molecule has 5 heteroatoms. The number of rotatable bonds is 3. The van der Waals surface area contributed by atoms with Gasteiger partial charge in [0.15, 0.2) is 0 Å². The van der Waals surface area contributed by atoms with E-state index < -0.39 is 0 Å². The predicted octanol–water partition coefficient (Wildman–Crippen LogP) is 7.08. The molecule has 1 aliphatic rings. The number of hydrogen-bond donors (Lipinski definition) is 0. The fourth-order valence-corrected chi connectivity index (χ4v) is 5.15. The number of nitrogens with zero attached hydrogens (tertiary/aromatic N) is 2. The van der Waals surface area contributed by atoms with E-state index in [0.717, 1.165) is 13.1 Å². The molecule has 0 spiro atoms. The molecule has 1 saturated heterocycles. The summed E-state index contributed by atoms with van der Waals surface area (Å²) >= 11 is 19.1. The third kappa shape index (κ3) is 3.87. The van der Waals surface area contributed by atoms with Crippen molar-refractivity contribution in [3.05, 3.63) is 67.2 Å². The van der Waals surface area contributed by atoms with Crippen LogP contribution < -0.4 is 9.80 Å². The molecule has 2 aromatic carbocycles. The van der Waals surface area contributed by atoms with Crippen LogP contribution in [0.3, 0.4) is 0 Å². The van der Waals surface area contributed by atoms with Crippen molar-refractivity contribution in [2.45, 2.75) is 47.7 Å². The molecule has 0 radical (unpaired) electrons. The molecule has 0 amide bonds. The van der Waals surface area contributed by atoms with Gasteiger partial charge in [0, 0.05) is 24.5 Å². The molecule has 0 unspecified atom stereocenters. The van der Waals surface area contributed by atoms with Gasteiger partial charge in [-0.2, -0.15) is 0 Å². The summed E-state index contributed by atoms with van der Waals surface area (Å²) in [6.07, 6.45) is -0.230. The van der Waals surface area contributed by atoms with E-state index in [-0.39, 0.29) is 10.7 Å². The molecular weight excluding hydrogens is 411 g/mol. The van der Waals surface area contributed by atoms with Gasteiger partial charge in [-0.1, -0.05) is 70.2 Å². The van der Waals surface area contributed by atoms with E-state index in [1.165, 1.54) is 44.8 Å². The molecule has 1 heterocycles. The zero-order valence-electron chi connectivity index (χ0n) is 17.3. The van der Waals surface area contributed by atoms with Crippen LogP contribution in [0.2, 0.25) is 0 Å². The summed E-state index contributed by atoms with van der Waals surface area (Å²) in [7, 11) is 0. The third-order valence-corrected chi connectivity index (χ3v) is 6.41. The Kier molecular flexibility index (Phi) is 6.24. The minimum Gasteiger partial charge on any atom is -0.344 e. The maximum absolute atomic E-state index is 6.72. The summed E-state index contributed by atoms with van der Waals surface area (Å²) in [5.41, 5.74) is 9.85. The van der Waals surface area contributed by atoms with Crippen LogP contribution in [0.4, 0.5) is 11.4 Å². The largest absolute Gasteiger partial charge is 0.344 e. The molecule has 0 N–H and O–H groups in total. The van der Waals surface area contributed by atoms with E-state index in [1.54, 1.807) is 0 Å². The Balaban J connectivity index is 2.17. The summed E-state index contributed by atoms with van der Waals surface area (Å²) in [6, 6.07) is 8.85. The van der Waals surface area contributed by atoms with Crippen LogP contribution in [0.5, 0.6) is 0 Å². The van der Waals surface area contributed by atoms with Gasteiger partial charge in [0.1, 0.15) is 10.7 Å². The van der Waals surface area contributed by atoms with Crippen LogP contribution in [-0.2, 0) is 0 Å². The molecule has 2 nitrogen and oxygen atoms in total. The molecule has 0 atom stereocenters. The van der Waals surface area contributed by atoms with Crippen LogP contribution in [0.1, 0.15) is 33.4 Å². The van der Waals surface area contributed by atoms with E-state index in [2.05, 4.69) is 75.6 Å². The standard InChI is InChI=1S/C23H27Cl3N2/c1-13-9-15(3)20(16(4)10-13)27-7-8-28(23(27)19(24)22(25)26)21-17(5)11-14(2)12-18(21)6/h9-12,23H,7-8H2,1-6H3. The lowest BCUT2D eigenvalue weighted by atomic mass is 10.0. The second kappa shape index (κ2) is 8.18. The fraction of sp³-hybridized carbons (Fsp3) is 0.391. The summed E-state index contributed by atoms with van der Waals surface area (Å²) in [5, 5.41) is 0.458. The number of halogens is 3. The van der Waals surface area contributed by atoms with Gasteiger partial charge >= 0.3 is 0 Å². The van der Waals surface area contributed by atoms with Crippen LogP contribution in [0.25, 0.3) is 0 Å². The molecule has 28 heavy (non-hydrogen) atoms. The van der Waals surface area contributed by atoms with Crippen molar-refractivity contribution in [3.63, 3.8) is 0 Å². The SMILES string of the molecule is Cc1cc(C)c(N2CCN(c3c(C)cc(C)cc3C)C2C(Cl)=C(Cl)Cl)c(C)c1. The number of benzene rings is 2. The van der Waals surface area contributed by atoms with Gasteiger partial charge in [-0.15, -0.1) is 0 Å². The van der Waals surface area contributed by atoms with Crippen molar-refractivity contribution in [2.75, 3.05) is 22.9 Å². The van der Waals surface area contributed by atoms with Crippen molar-refractivity contribution in [2.24, 2.45) is 0 Å². The Bertz CT molecular complexity index is 833. The minimum absolute atomic E-state index is 0.119. The highest BCUT2D eigenvalue weighted by atomic mass is 35.5. The van der Waals surface area contributed by atoms with Gasteiger partial charge < -0.3 is 9.80 Å². The zero-order valence-corrected chi connectivity index (χ0v) is 19.6. The van der Waals surface area contributed by atoms with Gasteiger partial charge in [-0.3, -0.25) is 0 Å². The molecule has 2 aromatic rings. The molecular formula is C23H27Cl3N2. The molecule has 0 aromatic heterocycles. The Morgan fingerprint density at radius 2 is 1.00 bits per heavy atom. The average molecular weight is 438 g/mol. The maximum Gasteiger partial charge on any atom is 0.141 e. The van der Waals surface area contributed by atoms with Crippen LogP contribution in [0, 0.1) is 41.5 Å². The van der Waals surface area contributed by atoms with E-state index in [1.807, 2.05) is 0 Å². The highest BCUT2D eigenvalue weighted by molar-refractivity contribution is 6.59. The first kappa shape index (κ1) is 21.4. The summed E-state index contributed by atoms with van der Waals surface area (Å²) in [6.45, 7) is 14.5. The lowest BCUT2D eigenvalue weighted by molar-refractivity contribution is 0.779. The summed E-state index contributed by atoms with van der Waals surface area (Å²) in [4.78, 5) is 4.66. The molecule has 1 aliphatic heterocycles. The monoisotopic (exact) mass is 436 g/mol. The first-order valence-electron chi connectivity index (χ1n) is 9.51. The molecule has 0 bridgehead atoms. The summed E-state index contributed by atoms with van der Waals surface area (Å²) < 4.78 is 0.119. The average Bonchev–Trinajstić information content (AvgIpc) is 2.96. The van der Waals surface area contributed by atoms with Crippen LogP contribution in [0.15, 0.2) is 33.8 Å². The van der Waals surface area contributed by atoms with E-state index >= 15 is 0 Å². The molecule has 3 rings (SSSR count). The van der Waals surface area contributed by atoms with Crippen molar-refractivity contribution >= 4 is 46.2 Å². The van der Waals surface area contributed by atoms with Gasteiger partial charge in [-0.25, -0.2) is 0 Å². The van der Waals surface area contributed by atoms with Crippen molar-refractivity contribution in [1.82, 2.24) is 0 Å². The van der Waals surface area contributed by atoms with Gasteiger partial charge in [0.25, 0.3) is 0 Å². The number of anilines is 2. The number of aryl methyl sites for hydroxylation is 6. The fourth-order valence-electron chi connectivity index (χ4n) is 4.72. The highest BCUT2D eigenvalue weighted by Crippen LogP contribution is 2.40. The smallest absolute Gasteiger partial charge is 0.141 e. The Morgan fingerprint density at radius 3 is 1.29 bits per heavy atom. The lowest BCUT2D eigenvalue weighted by Crippen LogP contribution is -2.41. The van der Waals surface area contributed by atoms with E-state index in [0.29, 0.717) is 5.03 Å². The topological polar surface area (TPSA) is 6.48 Å².